The fraction of sp³-hybridized carbons (Fsp3) is 0.650. The number of rotatable bonds is 10. The van der Waals surface area contributed by atoms with Crippen molar-refractivity contribution in [2.24, 2.45) is 7.05 Å². The van der Waals surface area contributed by atoms with Gasteiger partial charge < -0.3 is 29.7 Å². The van der Waals surface area contributed by atoms with Crippen LogP contribution in [0.1, 0.15) is 48.0 Å². The number of nitrogens with zero attached hydrogens (tertiary/aromatic N) is 3. The fourth-order valence-corrected chi connectivity index (χ4v) is 4.89. The van der Waals surface area contributed by atoms with Gasteiger partial charge in [-0.1, -0.05) is 0 Å². The summed E-state index contributed by atoms with van der Waals surface area (Å²) in [5, 5.41) is 36.4. The van der Waals surface area contributed by atoms with Crippen LogP contribution in [-0.2, 0) is 16.5 Å². The first kappa shape index (κ1) is 23.1. The smallest absolute Gasteiger partial charge is 0.275 e. The summed E-state index contributed by atoms with van der Waals surface area (Å²) in [7, 11) is 1.49. The van der Waals surface area contributed by atoms with E-state index in [1.165, 1.54) is 17.8 Å². The number of anilines is 1. The predicted molar refractivity (Wildman–Crippen MR) is 110 cm³/mol. The van der Waals surface area contributed by atoms with E-state index in [9.17, 15) is 23.8 Å². The standard InChI is InChI=1S/C20H26F2N6O6/c1-28-12(4-16(27-28)33-6-14(21)22)17(29)23-15-3-11(25-26-15)13-2-10(5-32-13)34-18(30)24-19-7-20(31,8-19)9-19/h3-4,10,13-14,18,24,30-31H,2,5-9H2,1H3,(H2,23,25,26,29)/t10-,13-,18?,19?,20?/m1/s1. The Morgan fingerprint density at radius 3 is 2.88 bits per heavy atom. The monoisotopic (exact) mass is 484 g/mol. The largest absolute Gasteiger partial charge is 0.471 e. The lowest BCUT2D eigenvalue weighted by Gasteiger charge is -2.68. The molecule has 12 nitrogen and oxygen atoms in total. The molecule has 4 fully saturated rings. The summed E-state index contributed by atoms with van der Waals surface area (Å²) in [4.78, 5) is 12.5. The van der Waals surface area contributed by atoms with Gasteiger partial charge in [0.15, 0.2) is 12.4 Å². The number of halogens is 2. The molecule has 14 heteroatoms. The van der Waals surface area contributed by atoms with Crippen LogP contribution in [0.15, 0.2) is 12.1 Å². The molecular weight excluding hydrogens is 458 g/mol. The van der Waals surface area contributed by atoms with Crippen LogP contribution in [-0.4, -0.2) is 79.4 Å². The molecule has 4 aliphatic rings. The van der Waals surface area contributed by atoms with Crippen molar-refractivity contribution in [2.45, 2.75) is 61.9 Å². The third-order valence-electron chi connectivity index (χ3n) is 6.35. The van der Waals surface area contributed by atoms with Crippen molar-refractivity contribution in [3.8, 4) is 5.88 Å². The second-order valence-corrected chi connectivity index (χ2v) is 9.20. The van der Waals surface area contributed by atoms with Crippen molar-refractivity contribution in [1.29, 1.82) is 0 Å². The number of aryl methyl sites for hydroxylation is 1. The Bertz CT molecular complexity index is 1040. The highest BCUT2D eigenvalue weighted by Crippen LogP contribution is 2.60. The molecule has 34 heavy (non-hydrogen) atoms. The number of carbonyl (C=O) groups excluding carboxylic acids is 1. The molecule has 5 N–H and O–H groups in total. The summed E-state index contributed by atoms with van der Waals surface area (Å²) >= 11 is 0. The van der Waals surface area contributed by atoms with Gasteiger partial charge in [-0.2, -0.15) is 5.10 Å². The topological polar surface area (TPSA) is 156 Å². The van der Waals surface area contributed by atoms with E-state index in [4.69, 9.17) is 14.2 Å². The number of aromatic amines is 1. The van der Waals surface area contributed by atoms with Crippen LogP contribution >= 0.6 is 0 Å². The minimum Gasteiger partial charge on any atom is -0.471 e. The van der Waals surface area contributed by atoms with E-state index in [0.717, 1.165) is 0 Å². The number of carbonyl (C=O) groups is 1. The molecule has 3 atom stereocenters. The lowest BCUT2D eigenvalue weighted by Crippen LogP contribution is -2.79. The highest BCUT2D eigenvalue weighted by atomic mass is 19.3. The maximum Gasteiger partial charge on any atom is 0.275 e. The number of amides is 1. The normalized spacial score (nSPS) is 30.6. The molecule has 6 rings (SSSR count). The van der Waals surface area contributed by atoms with Crippen molar-refractivity contribution in [3.63, 3.8) is 0 Å². The van der Waals surface area contributed by atoms with Gasteiger partial charge in [-0.05, 0) is 19.3 Å². The zero-order valence-electron chi connectivity index (χ0n) is 18.3. The molecule has 1 aliphatic heterocycles. The quantitative estimate of drug-likeness (QED) is 0.302. The van der Waals surface area contributed by atoms with Gasteiger partial charge in [-0.25, -0.2) is 8.78 Å². The van der Waals surface area contributed by atoms with E-state index in [2.05, 4.69) is 25.9 Å². The van der Waals surface area contributed by atoms with Crippen LogP contribution in [0.5, 0.6) is 5.88 Å². The molecule has 3 aliphatic carbocycles. The predicted octanol–water partition coefficient (Wildman–Crippen LogP) is 0.419. The third-order valence-corrected chi connectivity index (χ3v) is 6.35. The van der Waals surface area contributed by atoms with Crippen molar-refractivity contribution in [1.82, 2.24) is 25.3 Å². The number of ether oxygens (including phenoxy) is 3. The van der Waals surface area contributed by atoms with Gasteiger partial charge in [-0.15, -0.1) is 5.10 Å². The summed E-state index contributed by atoms with van der Waals surface area (Å²) in [6.07, 6.45) is -2.17. The van der Waals surface area contributed by atoms with Crippen LogP contribution in [0.4, 0.5) is 14.6 Å². The number of aliphatic hydroxyl groups is 2. The SMILES string of the molecule is Cn1nc(OCC(F)F)cc1C(=O)Nc1cc([C@H]2C[C@@H](OC(O)NC34CC(O)(C3)C4)CO2)[nH]n1. The van der Waals surface area contributed by atoms with Crippen molar-refractivity contribution in [3.05, 3.63) is 23.5 Å². The van der Waals surface area contributed by atoms with E-state index < -0.39 is 31.0 Å². The summed E-state index contributed by atoms with van der Waals surface area (Å²) in [6.45, 7) is -0.540. The van der Waals surface area contributed by atoms with Crippen LogP contribution in [0.2, 0.25) is 0 Å². The molecule has 1 saturated heterocycles. The second-order valence-electron chi connectivity index (χ2n) is 9.20. The molecule has 0 spiro atoms. The Balaban J connectivity index is 1.11. The van der Waals surface area contributed by atoms with Crippen LogP contribution in [0.3, 0.4) is 0 Å². The summed E-state index contributed by atoms with van der Waals surface area (Å²) in [5.74, 6) is -0.379. The lowest BCUT2D eigenvalue weighted by molar-refractivity contribution is -0.261. The van der Waals surface area contributed by atoms with Gasteiger partial charge in [-0.3, -0.25) is 19.9 Å². The number of alkyl halides is 2. The number of H-pyrrole nitrogens is 1. The molecular formula is C20H26F2N6O6. The minimum absolute atomic E-state index is 0.0809. The molecule has 1 amide bonds. The maximum atomic E-state index is 12.5. The van der Waals surface area contributed by atoms with Gasteiger partial charge in [0, 0.05) is 31.1 Å². The molecule has 2 aromatic rings. The molecule has 2 aromatic heterocycles. The molecule has 186 valence electrons. The molecule has 1 unspecified atom stereocenters. The first-order valence-electron chi connectivity index (χ1n) is 10.9. The van der Waals surface area contributed by atoms with Gasteiger partial charge in [0.1, 0.15) is 11.8 Å². The van der Waals surface area contributed by atoms with Crippen LogP contribution in [0.25, 0.3) is 0 Å². The second kappa shape index (κ2) is 8.53. The highest BCUT2D eigenvalue weighted by Gasteiger charge is 2.67. The van der Waals surface area contributed by atoms with Gasteiger partial charge in [0.05, 0.1) is 24.0 Å². The van der Waals surface area contributed by atoms with Gasteiger partial charge in [0.2, 0.25) is 12.3 Å². The zero-order valence-corrected chi connectivity index (χ0v) is 18.3. The maximum absolute atomic E-state index is 12.5. The molecule has 3 saturated carbocycles. The van der Waals surface area contributed by atoms with Gasteiger partial charge in [0.25, 0.3) is 12.3 Å². The number of hydrogen-bond acceptors (Lipinski definition) is 9. The average Bonchev–Trinajstić information content (AvgIpc) is 3.44. The van der Waals surface area contributed by atoms with Crippen molar-refractivity contribution < 1.29 is 38.0 Å². The number of aliphatic hydroxyl groups excluding tert-OH is 1. The Kier molecular flexibility index (Phi) is 5.80. The third kappa shape index (κ3) is 4.63. The first-order valence-corrected chi connectivity index (χ1v) is 10.9. The Hall–Kier alpha value is -2.65. The molecule has 0 radical (unpaired) electrons. The van der Waals surface area contributed by atoms with Crippen LogP contribution < -0.4 is 15.4 Å². The summed E-state index contributed by atoms with van der Waals surface area (Å²) < 4.78 is 42.0. The Labute approximate surface area is 192 Å². The average molecular weight is 484 g/mol. The van der Waals surface area contributed by atoms with E-state index in [1.54, 1.807) is 6.07 Å². The summed E-state index contributed by atoms with van der Waals surface area (Å²) in [6, 6.07) is 2.88. The number of nitrogens with one attached hydrogen (secondary N) is 3. The molecule has 0 aromatic carbocycles. The highest BCUT2D eigenvalue weighted by molar-refractivity contribution is 6.02. The van der Waals surface area contributed by atoms with Crippen molar-refractivity contribution in [2.75, 3.05) is 18.5 Å². The lowest BCUT2D eigenvalue weighted by atomic mass is 9.46. The molecule has 3 heterocycles. The van der Waals surface area contributed by atoms with E-state index >= 15 is 0 Å². The van der Waals surface area contributed by atoms with E-state index in [1.807, 2.05) is 0 Å². The number of hydrogen-bond donors (Lipinski definition) is 5. The molecule has 2 bridgehead atoms. The van der Waals surface area contributed by atoms with E-state index in [0.29, 0.717) is 31.4 Å². The Morgan fingerprint density at radius 2 is 2.18 bits per heavy atom. The zero-order chi connectivity index (χ0) is 24.1. The Morgan fingerprint density at radius 1 is 1.41 bits per heavy atom. The first-order chi connectivity index (χ1) is 16.1. The fourth-order valence-electron chi connectivity index (χ4n) is 4.89. The van der Waals surface area contributed by atoms with Crippen molar-refractivity contribution >= 4 is 11.7 Å². The number of aromatic nitrogens is 4. The summed E-state index contributed by atoms with van der Waals surface area (Å²) in [5.41, 5.74) is -0.0655. The minimum atomic E-state index is -2.65. The van der Waals surface area contributed by atoms with E-state index in [-0.39, 0.29) is 41.7 Å². The van der Waals surface area contributed by atoms with Crippen LogP contribution in [0, 0.1) is 0 Å². The van der Waals surface area contributed by atoms with Gasteiger partial charge >= 0.3 is 0 Å².